The number of hydrogen-bond acceptors (Lipinski definition) is 1. The highest BCUT2D eigenvalue weighted by molar-refractivity contribution is 4.95. The lowest BCUT2D eigenvalue weighted by molar-refractivity contribution is -0.136. The van der Waals surface area contributed by atoms with Gasteiger partial charge in [-0.2, -0.15) is 13.2 Å². The monoisotopic (exact) mass is 223 g/mol. The third-order valence-electron chi connectivity index (χ3n) is 3.47. The van der Waals surface area contributed by atoms with Crippen LogP contribution in [-0.2, 0) is 0 Å². The number of rotatable bonds is 4. The second kappa shape index (κ2) is 4.73. The van der Waals surface area contributed by atoms with Crippen molar-refractivity contribution in [3.63, 3.8) is 0 Å². The molecule has 1 unspecified atom stereocenters. The molecule has 0 aromatic carbocycles. The molecule has 1 heterocycles. The average Bonchev–Trinajstić information content (AvgIpc) is 2.51. The molecule has 15 heavy (non-hydrogen) atoms. The van der Waals surface area contributed by atoms with Crippen LogP contribution < -0.4 is 5.32 Å². The minimum Gasteiger partial charge on any atom is -0.311 e. The van der Waals surface area contributed by atoms with E-state index >= 15 is 0 Å². The Bertz CT molecular complexity index is 192. The van der Waals surface area contributed by atoms with Gasteiger partial charge in [0.1, 0.15) is 0 Å². The molecule has 0 spiro atoms. The van der Waals surface area contributed by atoms with Crippen molar-refractivity contribution in [1.82, 2.24) is 5.32 Å². The van der Waals surface area contributed by atoms with Crippen LogP contribution in [0.25, 0.3) is 0 Å². The maximum atomic E-state index is 12.0. The van der Waals surface area contributed by atoms with E-state index in [-0.39, 0.29) is 12.0 Å². The molecule has 1 saturated heterocycles. The van der Waals surface area contributed by atoms with Gasteiger partial charge < -0.3 is 5.32 Å². The molecule has 0 aliphatic carbocycles. The van der Waals surface area contributed by atoms with Gasteiger partial charge in [-0.1, -0.05) is 13.8 Å². The molecular weight excluding hydrogens is 203 g/mol. The maximum Gasteiger partial charge on any atom is 0.389 e. The fourth-order valence-electron chi connectivity index (χ4n) is 2.43. The van der Waals surface area contributed by atoms with Crippen LogP contribution in [0.2, 0.25) is 0 Å². The Labute approximate surface area is 89.4 Å². The van der Waals surface area contributed by atoms with E-state index in [2.05, 4.69) is 19.2 Å². The summed E-state index contributed by atoms with van der Waals surface area (Å²) in [6, 6.07) is 0. The third kappa shape index (κ3) is 3.67. The van der Waals surface area contributed by atoms with Crippen molar-refractivity contribution in [2.45, 2.75) is 57.7 Å². The highest BCUT2D eigenvalue weighted by Gasteiger charge is 2.37. The Kier molecular flexibility index (Phi) is 4.04. The lowest BCUT2D eigenvalue weighted by Gasteiger charge is -2.34. The molecule has 1 aliphatic rings. The van der Waals surface area contributed by atoms with Gasteiger partial charge in [-0.3, -0.25) is 0 Å². The van der Waals surface area contributed by atoms with Crippen LogP contribution in [0, 0.1) is 5.92 Å². The van der Waals surface area contributed by atoms with Gasteiger partial charge in [-0.05, 0) is 38.1 Å². The van der Waals surface area contributed by atoms with Crippen LogP contribution in [0.5, 0.6) is 0 Å². The average molecular weight is 223 g/mol. The number of halogens is 3. The first-order chi connectivity index (χ1) is 6.86. The normalized spacial score (nSPS) is 27.6. The number of hydrogen-bond donors (Lipinski definition) is 1. The minimum absolute atomic E-state index is 0.0365. The van der Waals surface area contributed by atoms with Crippen molar-refractivity contribution in [3.8, 4) is 0 Å². The van der Waals surface area contributed by atoms with E-state index in [1.54, 1.807) is 0 Å². The molecule has 0 amide bonds. The van der Waals surface area contributed by atoms with Crippen molar-refractivity contribution in [2.24, 2.45) is 5.92 Å². The summed E-state index contributed by atoms with van der Waals surface area (Å²) < 4.78 is 36.1. The van der Waals surface area contributed by atoms with E-state index in [9.17, 15) is 13.2 Å². The second-order valence-corrected chi connectivity index (χ2v) is 4.81. The highest BCUT2D eigenvalue weighted by atomic mass is 19.4. The van der Waals surface area contributed by atoms with Crippen LogP contribution in [0.1, 0.15) is 46.0 Å². The molecule has 1 atom stereocenters. The highest BCUT2D eigenvalue weighted by Crippen LogP contribution is 2.34. The number of nitrogens with one attached hydrogen (secondary N) is 1. The molecule has 1 rings (SSSR count). The second-order valence-electron chi connectivity index (χ2n) is 4.81. The van der Waals surface area contributed by atoms with Gasteiger partial charge in [-0.25, -0.2) is 0 Å². The van der Waals surface area contributed by atoms with Crippen molar-refractivity contribution < 1.29 is 13.2 Å². The lowest BCUT2D eigenvalue weighted by Crippen LogP contribution is -2.44. The SMILES string of the molecule is CC(C)C1(CCCC(F)(F)F)CCCN1. The number of alkyl halides is 3. The largest absolute Gasteiger partial charge is 0.389 e. The maximum absolute atomic E-state index is 12.0. The molecule has 4 heteroatoms. The van der Waals surface area contributed by atoms with E-state index in [4.69, 9.17) is 0 Å². The Morgan fingerprint density at radius 1 is 1.33 bits per heavy atom. The molecule has 90 valence electrons. The molecular formula is C11H20F3N. The zero-order valence-electron chi connectivity index (χ0n) is 9.45. The fourth-order valence-corrected chi connectivity index (χ4v) is 2.43. The van der Waals surface area contributed by atoms with Gasteiger partial charge in [0, 0.05) is 12.0 Å². The van der Waals surface area contributed by atoms with E-state index in [0.29, 0.717) is 12.3 Å². The zero-order valence-corrected chi connectivity index (χ0v) is 9.45. The smallest absolute Gasteiger partial charge is 0.311 e. The summed E-state index contributed by atoms with van der Waals surface area (Å²) >= 11 is 0. The van der Waals surface area contributed by atoms with Crippen molar-refractivity contribution in [2.75, 3.05) is 6.54 Å². The summed E-state index contributed by atoms with van der Waals surface area (Å²) in [7, 11) is 0. The van der Waals surface area contributed by atoms with Gasteiger partial charge in [0.25, 0.3) is 0 Å². The first-order valence-corrected chi connectivity index (χ1v) is 5.67. The minimum atomic E-state index is -4.00. The van der Waals surface area contributed by atoms with Crippen LogP contribution in [0.15, 0.2) is 0 Å². The molecule has 0 saturated carbocycles. The molecule has 1 N–H and O–H groups in total. The van der Waals surface area contributed by atoms with Gasteiger partial charge in [0.05, 0.1) is 0 Å². The van der Waals surface area contributed by atoms with E-state index < -0.39 is 12.6 Å². The zero-order chi connectivity index (χ0) is 11.5. The summed E-state index contributed by atoms with van der Waals surface area (Å²) in [6.45, 7) is 5.13. The van der Waals surface area contributed by atoms with Crippen molar-refractivity contribution >= 4 is 0 Å². The van der Waals surface area contributed by atoms with Gasteiger partial charge in [0.15, 0.2) is 0 Å². The molecule has 0 aromatic rings. The van der Waals surface area contributed by atoms with Crippen molar-refractivity contribution in [3.05, 3.63) is 0 Å². The topological polar surface area (TPSA) is 12.0 Å². The lowest BCUT2D eigenvalue weighted by atomic mass is 9.81. The Morgan fingerprint density at radius 3 is 2.40 bits per heavy atom. The third-order valence-corrected chi connectivity index (χ3v) is 3.47. The van der Waals surface area contributed by atoms with E-state index in [0.717, 1.165) is 19.4 Å². The van der Waals surface area contributed by atoms with Gasteiger partial charge >= 0.3 is 6.18 Å². The van der Waals surface area contributed by atoms with Crippen LogP contribution in [0.4, 0.5) is 13.2 Å². The van der Waals surface area contributed by atoms with Crippen LogP contribution in [-0.4, -0.2) is 18.3 Å². The van der Waals surface area contributed by atoms with Gasteiger partial charge in [-0.15, -0.1) is 0 Å². The Hall–Kier alpha value is -0.250. The predicted molar refractivity (Wildman–Crippen MR) is 54.7 cm³/mol. The van der Waals surface area contributed by atoms with Crippen LogP contribution in [0.3, 0.4) is 0 Å². The van der Waals surface area contributed by atoms with E-state index in [1.165, 1.54) is 0 Å². The van der Waals surface area contributed by atoms with Gasteiger partial charge in [0.2, 0.25) is 0 Å². The predicted octanol–water partition coefficient (Wildman–Crippen LogP) is 3.50. The summed E-state index contributed by atoms with van der Waals surface area (Å²) in [4.78, 5) is 0. The molecule has 0 aromatic heterocycles. The summed E-state index contributed by atoms with van der Waals surface area (Å²) in [5, 5.41) is 3.39. The Morgan fingerprint density at radius 2 is 2.00 bits per heavy atom. The fraction of sp³-hybridized carbons (Fsp3) is 1.00. The molecule has 1 fully saturated rings. The molecule has 1 nitrogen and oxygen atoms in total. The first kappa shape index (κ1) is 12.8. The molecule has 1 aliphatic heterocycles. The Balaban J connectivity index is 2.40. The van der Waals surface area contributed by atoms with Crippen molar-refractivity contribution in [1.29, 1.82) is 0 Å². The summed E-state index contributed by atoms with van der Waals surface area (Å²) in [6.07, 6.45) is -1.66. The molecule has 0 bridgehead atoms. The quantitative estimate of drug-likeness (QED) is 0.769. The summed E-state index contributed by atoms with van der Waals surface area (Å²) in [5.74, 6) is 0.410. The van der Waals surface area contributed by atoms with E-state index in [1.807, 2.05) is 0 Å². The summed E-state index contributed by atoms with van der Waals surface area (Å²) in [5.41, 5.74) is -0.0365. The first-order valence-electron chi connectivity index (χ1n) is 5.67. The van der Waals surface area contributed by atoms with Crippen LogP contribution >= 0.6 is 0 Å². The molecule has 0 radical (unpaired) electrons. The standard InChI is InChI=1S/C11H20F3N/c1-9(2)10(6-4-8-15-10)5-3-7-11(12,13)14/h9,15H,3-8H2,1-2H3.